The molecule has 1 heterocycles. The molecule has 170 valence electrons. The topological polar surface area (TPSA) is 36.9 Å². The smallest absolute Gasteiger partial charge is 0.423 e. The number of halogens is 3. The van der Waals surface area contributed by atoms with E-state index in [9.17, 15) is 13.2 Å². The van der Waals surface area contributed by atoms with Gasteiger partial charge in [0.05, 0.1) is 11.4 Å². The van der Waals surface area contributed by atoms with Crippen molar-refractivity contribution in [3.05, 3.63) is 95.1 Å². The van der Waals surface area contributed by atoms with Crippen LogP contribution in [0.4, 0.5) is 24.5 Å². The van der Waals surface area contributed by atoms with Gasteiger partial charge in [0, 0.05) is 5.56 Å². The van der Waals surface area contributed by atoms with Crippen LogP contribution in [0.2, 0.25) is 0 Å². The van der Waals surface area contributed by atoms with Crippen molar-refractivity contribution >= 4 is 34.7 Å². The SMILES string of the molecule is Cc1ccc(N=C2O[C@](c3ccc(C)cc3)(C(F)(F)F)NC(=S)N2c2ccc(C)cc2)cc1. The minimum absolute atomic E-state index is 0.122. The average Bonchev–Trinajstić information content (AvgIpc) is 2.76. The van der Waals surface area contributed by atoms with E-state index >= 15 is 0 Å². The highest BCUT2D eigenvalue weighted by Gasteiger charge is 2.63. The lowest BCUT2D eigenvalue weighted by molar-refractivity contribution is -0.268. The number of nitrogens with zero attached hydrogens (tertiary/aromatic N) is 2. The van der Waals surface area contributed by atoms with Crippen LogP contribution in [0.3, 0.4) is 0 Å². The molecule has 1 fully saturated rings. The molecule has 1 aliphatic heterocycles. The van der Waals surface area contributed by atoms with Gasteiger partial charge in [-0.1, -0.05) is 65.2 Å². The molecule has 4 nitrogen and oxygen atoms in total. The molecule has 0 radical (unpaired) electrons. The van der Waals surface area contributed by atoms with Crippen molar-refractivity contribution in [1.82, 2.24) is 5.32 Å². The van der Waals surface area contributed by atoms with Gasteiger partial charge >= 0.3 is 17.9 Å². The van der Waals surface area contributed by atoms with Gasteiger partial charge in [-0.05, 0) is 57.3 Å². The number of aryl methyl sites for hydroxylation is 3. The molecule has 0 amide bonds. The van der Waals surface area contributed by atoms with Crippen LogP contribution in [0.1, 0.15) is 22.3 Å². The van der Waals surface area contributed by atoms with Crippen LogP contribution in [-0.4, -0.2) is 17.3 Å². The van der Waals surface area contributed by atoms with Crippen molar-refractivity contribution in [1.29, 1.82) is 0 Å². The lowest BCUT2D eigenvalue weighted by Crippen LogP contribution is -2.67. The van der Waals surface area contributed by atoms with Gasteiger partial charge in [-0.2, -0.15) is 18.2 Å². The summed E-state index contributed by atoms with van der Waals surface area (Å²) in [7, 11) is 0. The fourth-order valence-corrected chi connectivity index (χ4v) is 3.76. The van der Waals surface area contributed by atoms with Gasteiger partial charge in [0.15, 0.2) is 5.11 Å². The Morgan fingerprint density at radius 1 is 0.818 bits per heavy atom. The van der Waals surface area contributed by atoms with Crippen LogP contribution in [0.15, 0.2) is 77.8 Å². The summed E-state index contributed by atoms with van der Waals surface area (Å²) in [6, 6.07) is 19.9. The first-order valence-corrected chi connectivity index (χ1v) is 10.7. The zero-order valence-corrected chi connectivity index (χ0v) is 19.1. The molecule has 0 saturated carbocycles. The van der Waals surface area contributed by atoms with E-state index in [2.05, 4.69) is 10.3 Å². The Bertz CT molecular complexity index is 1190. The maximum absolute atomic E-state index is 14.6. The van der Waals surface area contributed by atoms with E-state index in [0.29, 0.717) is 11.4 Å². The van der Waals surface area contributed by atoms with Crippen molar-refractivity contribution in [3.8, 4) is 0 Å². The molecule has 4 rings (SSSR count). The molecule has 3 aromatic rings. The summed E-state index contributed by atoms with van der Waals surface area (Å²) in [5.41, 5.74) is 0.786. The van der Waals surface area contributed by atoms with Gasteiger partial charge in [-0.25, -0.2) is 4.90 Å². The molecule has 33 heavy (non-hydrogen) atoms. The summed E-state index contributed by atoms with van der Waals surface area (Å²) in [5, 5.41) is 2.25. The largest absolute Gasteiger partial charge is 0.453 e. The van der Waals surface area contributed by atoms with Crippen LogP contribution in [0, 0.1) is 20.8 Å². The molecule has 0 aromatic heterocycles. The number of alkyl halides is 3. The molecule has 0 spiro atoms. The van der Waals surface area contributed by atoms with Gasteiger partial charge < -0.3 is 10.1 Å². The van der Waals surface area contributed by atoms with E-state index in [1.807, 2.05) is 38.1 Å². The molecule has 0 bridgehead atoms. The Morgan fingerprint density at radius 2 is 1.30 bits per heavy atom. The van der Waals surface area contributed by atoms with Gasteiger partial charge in [-0.3, -0.25) is 0 Å². The quantitative estimate of drug-likeness (QED) is 0.449. The Morgan fingerprint density at radius 3 is 1.82 bits per heavy atom. The standard InChI is InChI=1S/C25H22F3N3OS/c1-16-4-10-19(11-5-16)24(25(26,27)28)30-23(33)31(21-14-8-18(3)9-15-21)22(32-24)29-20-12-6-17(2)7-13-20/h4-15H,1-3H3,(H,30,33)/t24-/m1/s1. The Balaban J connectivity index is 1.89. The highest BCUT2D eigenvalue weighted by atomic mass is 32.1. The van der Waals surface area contributed by atoms with Crippen LogP contribution in [0.5, 0.6) is 0 Å². The lowest BCUT2D eigenvalue weighted by Gasteiger charge is -2.45. The Kier molecular flexibility index (Phi) is 5.88. The normalized spacial score (nSPS) is 19.9. The zero-order chi connectivity index (χ0) is 23.8. The summed E-state index contributed by atoms with van der Waals surface area (Å²) in [6.07, 6.45) is -4.83. The van der Waals surface area contributed by atoms with Gasteiger partial charge in [0.2, 0.25) is 0 Å². The molecule has 1 aliphatic rings. The molecule has 3 aromatic carbocycles. The predicted octanol–water partition coefficient (Wildman–Crippen LogP) is 6.43. The minimum atomic E-state index is -4.83. The predicted molar refractivity (Wildman–Crippen MR) is 128 cm³/mol. The minimum Gasteiger partial charge on any atom is -0.423 e. The first-order valence-electron chi connectivity index (χ1n) is 10.3. The summed E-state index contributed by atoms with van der Waals surface area (Å²) >= 11 is 5.45. The van der Waals surface area contributed by atoms with E-state index in [0.717, 1.165) is 16.7 Å². The van der Waals surface area contributed by atoms with E-state index in [1.165, 1.54) is 17.0 Å². The number of aliphatic imine (C=N–C) groups is 1. The number of rotatable bonds is 3. The van der Waals surface area contributed by atoms with E-state index in [4.69, 9.17) is 17.0 Å². The van der Waals surface area contributed by atoms with Crippen LogP contribution in [-0.2, 0) is 10.5 Å². The summed E-state index contributed by atoms with van der Waals surface area (Å²) in [6.45, 7) is 5.63. The van der Waals surface area contributed by atoms with Crippen molar-refractivity contribution in [2.75, 3.05) is 4.90 Å². The molecule has 1 N–H and O–H groups in total. The number of anilines is 1. The number of amidine groups is 1. The third-order valence-corrected chi connectivity index (χ3v) is 5.61. The second-order valence-corrected chi connectivity index (χ2v) is 8.36. The van der Waals surface area contributed by atoms with Crippen LogP contribution < -0.4 is 10.2 Å². The Labute approximate surface area is 195 Å². The lowest BCUT2D eigenvalue weighted by atomic mass is 10.00. The van der Waals surface area contributed by atoms with Gasteiger partial charge in [0.1, 0.15) is 0 Å². The summed E-state index contributed by atoms with van der Waals surface area (Å²) in [4.78, 5) is 5.80. The fraction of sp³-hybridized carbons (Fsp3) is 0.200. The third-order valence-electron chi connectivity index (χ3n) is 5.33. The zero-order valence-electron chi connectivity index (χ0n) is 18.3. The summed E-state index contributed by atoms with van der Waals surface area (Å²) in [5.74, 6) is 0. The van der Waals surface area contributed by atoms with E-state index in [1.54, 1.807) is 43.3 Å². The monoisotopic (exact) mass is 469 g/mol. The van der Waals surface area contributed by atoms with Crippen molar-refractivity contribution in [3.63, 3.8) is 0 Å². The molecular formula is C25H22F3N3OS. The van der Waals surface area contributed by atoms with Crippen molar-refractivity contribution < 1.29 is 17.9 Å². The molecule has 1 atom stereocenters. The fourth-order valence-electron chi connectivity index (χ4n) is 3.44. The van der Waals surface area contributed by atoms with E-state index in [-0.39, 0.29) is 16.7 Å². The molecular weight excluding hydrogens is 447 g/mol. The van der Waals surface area contributed by atoms with Crippen molar-refractivity contribution in [2.45, 2.75) is 32.7 Å². The Hall–Kier alpha value is -3.39. The maximum Gasteiger partial charge on any atom is 0.453 e. The summed E-state index contributed by atoms with van der Waals surface area (Å²) < 4.78 is 49.5. The number of hydrogen-bond donors (Lipinski definition) is 1. The number of thiocarbonyl (C=S) groups is 1. The second kappa shape index (κ2) is 8.51. The third kappa shape index (κ3) is 4.43. The second-order valence-electron chi connectivity index (χ2n) is 7.98. The number of ether oxygens (including phenoxy) is 1. The molecule has 1 saturated heterocycles. The number of nitrogens with one attached hydrogen (secondary N) is 1. The van der Waals surface area contributed by atoms with Crippen molar-refractivity contribution in [2.24, 2.45) is 4.99 Å². The van der Waals surface area contributed by atoms with Gasteiger partial charge in [0.25, 0.3) is 0 Å². The molecule has 0 aliphatic carbocycles. The maximum atomic E-state index is 14.6. The molecule has 0 unspecified atom stereocenters. The highest BCUT2D eigenvalue weighted by molar-refractivity contribution is 7.80. The van der Waals surface area contributed by atoms with E-state index < -0.39 is 11.9 Å². The van der Waals surface area contributed by atoms with Crippen LogP contribution >= 0.6 is 12.2 Å². The van der Waals surface area contributed by atoms with Crippen LogP contribution in [0.25, 0.3) is 0 Å². The number of hydrogen-bond acceptors (Lipinski definition) is 3. The molecule has 8 heteroatoms. The first-order chi connectivity index (χ1) is 15.6. The average molecular weight is 470 g/mol. The number of benzene rings is 3. The highest BCUT2D eigenvalue weighted by Crippen LogP contribution is 2.43. The first kappa shape index (κ1) is 22.8. The van der Waals surface area contributed by atoms with Gasteiger partial charge in [-0.15, -0.1) is 0 Å².